The summed E-state index contributed by atoms with van der Waals surface area (Å²) in [7, 11) is -4.21. The Kier molecular flexibility index (Phi) is 7.82. The van der Waals surface area contributed by atoms with Crippen molar-refractivity contribution in [3.05, 3.63) is 82.9 Å². The van der Waals surface area contributed by atoms with Crippen LogP contribution in [0.1, 0.15) is 5.56 Å². The van der Waals surface area contributed by atoms with Crippen molar-refractivity contribution in [3.63, 3.8) is 0 Å². The third-order valence-corrected chi connectivity index (χ3v) is 5.73. The number of para-hydroxylation sites is 1. The summed E-state index contributed by atoms with van der Waals surface area (Å²) in [5, 5.41) is 21.4. The second-order valence-corrected chi connectivity index (χ2v) is 7.90. The lowest BCUT2D eigenvalue weighted by molar-refractivity contribution is -0.387. The van der Waals surface area contributed by atoms with Gasteiger partial charge in [-0.25, -0.2) is 8.42 Å². The SMILES string of the molecule is C=CCN(CC(O)COCc1ccccc1)S(=O)(=O)c1ccccc1[N+](=O)[O-]. The Bertz CT molecular complexity index is 902. The molecule has 0 aromatic heterocycles. The Morgan fingerprint density at radius 3 is 2.46 bits per heavy atom. The van der Waals surface area contributed by atoms with E-state index in [1.165, 1.54) is 24.3 Å². The highest BCUT2D eigenvalue weighted by Gasteiger charge is 2.31. The second-order valence-electron chi connectivity index (χ2n) is 5.99. The van der Waals surface area contributed by atoms with Gasteiger partial charge in [-0.2, -0.15) is 4.31 Å². The maximum atomic E-state index is 12.9. The third-order valence-electron chi connectivity index (χ3n) is 3.85. The number of hydrogen-bond donors (Lipinski definition) is 1. The van der Waals surface area contributed by atoms with Crippen molar-refractivity contribution in [2.45, 2.75) is 17.6 Å². The first-order valence-corrected chi connectivity index (χ1v) is 9.94. The Morgan fingerprint density at radius 2 is 1.82 bits per heavy atom. The molecule has 8 nitrogen and oxygen atoms in total. The van der Waals surface area contributed by atoms with Gasteiger partial charge in [-0.15, -0.1) is 6.58 Å². The molecule has 9 heteroatoms. The molecule has 1 N–H and O–H groups in total. The van der Waals surface area contributed by atoms with Crippen LogP contribution in [0.15, 0.2) is 72.1 Å². The van der Waals surface area contributed by atoms with Crippen molar-refractivity contribution >= 4 is 15.7 Å². The molecule has 0 aliphatic heterocycles. The van der Waals surface area contributed by atoms with Gasteiger partial charge in [0.2, 0.25) is 10.0 Å². The number of rotatable bonds is 11. The Balaban J connectivity index is 2.09. The van der Waals surface area contributed by atoms with Crippen LogP contribution in [0, 0.1) is 10.1 Å². The molecule has 2 rings (SSSR count). The summed E-state index contributed by atoms with van der Waals surface area (Å²) in [5.41, 5.74) is 0.400. The van der Waals surface area contributed by atoms with Gasteiger partial charge in [0.15, 0.2) is 4.90 Å². The van der Waals surface area contributed by atoms with Crippen molar-refractivity contribution in [1.82, 2.24) is 4.31 Å². The Morgan fingerprint density at radius 1 is 1.18 bits per heavy atom. The largest absolute Gasteiger partial charge is 0.389 e. The van der Waals surface area contributed by atoms with E-state index in [0.717, 1.165) is 15.9 Å². The van der Waals surface area contributed by atoms with Gasteiger partial charge in [0, 0.05) is 19.2 Å². The molecule has 150 valence electrons. The van der Waals surface area contributed by atoms with Crippen molar-refractivity contribution < 1.29 is 23.2 Å². The molecule has 2 aromatic rings. The summed E-state index contributed by atoms with van der Waals surface area (Å²) >= 11 is 0. The molecule has 0 spiro atoms. The van der Waals surface area contributed by atoms with E-state index in [9.17, 15) is 23.6 Å². The van der Waals surface area contributed by atoms with Crippen molar-refractivity contribution in [1.29, 1.82) is 0 Å². The van der Waals surface area contributed by atoms with Crippen LogP contribution in [-0.4, -0.2) is 48.6 Å². The predicted molar refractivity (Wildman–Crippen MR) is 104 cm³/mol. The quantitative estimate of drug-likeness (QED) is 0.348. The Labute approximate surface area is 163 Å². The summed E-state index contributed by atoms with van der Waals surface area (Å²) < 4.78 is 32.2. The number of nitrogens with zero attached hydrogens (tertiary/aromatic N) is 2. The van der Waals surface area contributed by atoms with Crippen LogP contribution in [0.25, 0.3) is 0 Å². The first-order chi connectivity index (χ1) is 13.4. The van der Waals surface area contributed by atoms with Gasteiger partial charge in [-0.1, -0.05) is 48.5 Å². The molecule has 0 amide bonds. The number of hydrogen-bond acceptors (Lipinski definition) is 6. The molecule has 28 heavy (non-hydrogen) atoms. The van der Waals surface area contributed by atoms with E-state index in [-0.39, 0.29) is 26.3 Å². The number of nitro groups is 1. The summed E-state index contributed by atoms with van der Waals surface area (Å²) in [5.74, 6) is 0. The van der Waals surface area contributed by atoms with Crippen LogP contribution < -0.4 is 0 Å². The molecule has 0 bridgehead atoms. The van der Waals surface area contributed by atoms with Crippen LogP contribution in [0.2, 0.25) is 0 Å². The van der Waals surface area contributed by atoms with Gasteiger partial charge in [-0.3, -0.25) is 10.1 Å². The van der Waals surface area contributed by atoms with Gasteiger partial charge in [-0.05, 0) is 11.6 Å². The van der Waals surface area contributed by atoms with E-state index in [1.54, 1.807) is 0 Å². The zero-order valence-electron chi connectivity index (χ0n) is 15.2. The van der Waals surface area contributed by atoms with Gasteiger partial charge < -0.3 is 9.84 Å². The standard InChI is InChI=1S/C19H22N2O6S/c1-2-12-20(13-17(22)15-27-14-16-8-4-3-5-9-16)28(25,26)19-11-7-6-10-18(19)21(23)24/h2-11,17,22H,1,12-15H2. The lowest BCUT2D eigenvalue weighted by atomic mass is 10.2. The van der Waals surface area contributed by atoms with E-state index >= 15 is 0 Å². The van der Waals surface area contributed by atoms with Gasteiger partial charge in [0.1, 0.15) is 0 Å². The van der Waals surface area contributed by atoms with Gasteiger partial charge in [0.05, 0.1) is 24.2 Å². The maximum absolute atomic E-state index is 12.9. The fourth-order valence-corrected chi connectivity index (χ4v) is 4.16. The Hall–Kier alpha value is -2.59. The van der Waals surface area contributed by atoms with Crippen molar-refractivity contribution in [2.75, 3.05) is 19.7 Å². The molecule has 0 saturated carbocycles. The van der Waals surface area contributed by atoms with Crippen molar-refractivity contribution in [3.8, 4) is 0 Å². The smallest absolute Gasteiger partial charge is 0.289 e. The zero-order valence-corrected chi connectivity index (χ0v) is 16.0. The average Bonchev–Trinajstić information content (AvgIpc) is 2.68. The fraction of sp³-hybridized carbons (Fsp3) is 0.263. The molecule has 1 unspecified atom stereocenters. The molecule has 0 radical (unpaired) electrons. The van der Waals surface area contributed by atoms with E-state index < -0.39 is 31.6 Å². The second kappa shape index (κ2) is 10.1. The van der Waals surface area contributed by atoms with E-state index in [2.05, 4.69) is 6.58 Å². The molecule has 0 aliphatic carbocycles. The molecule has 1 atom stereocenters. The minimum atomic E-state index is -4.21. The first-order valence-electron chi connectivity index (χ1n) is 8.50. The highest BCUT2D eigenvalue weighted by atomic mass is 32.2. The fourth-order valence-electron chi connectivity index (χ4n) is 2.55. The lowest BCUT2D eigenvalue weighted by Crippen LogP contribution is -2.39. The molecular formula is C19H22N2O6S. The van der Waals surface area contributed by atoms with Crippen molar-refractivity contribution in [2.24, 2.45) is 0 Å². The van der Waals surface area contributed by atoms with E-state index in [4.69, 9.17) is 4.74 Å². The summed E-state index contributed by atoms with van der Waals surface area (Å²) in [4.78, 5) is 10.00. The van der Waals surface area contributed by atoms with Crippen LogP contribution in [-0.2, 0) is 21.4 Å². The zero-order chi connectivity index (χ0) is 20.6. The summed E-state index contributed by atoms with van der Waals surface area (Å²) in [6.45, 7) is 3.32. The number of sulfonamides is 1. The highest BCUT2D eigenvalue weighted by molar-refractivity contribution is 7.89. The van der Waals surface area contributed by atoms with Crippen LogP contribution in [0.5, 0.6) is 0 Å². The summed E-state index contributed by atoms with van der Waals surface area (Å²) in [6.07, 6.45) is 0.241. The minimum Gasteiger partial charge on any atom is -0.389 e. The normalized spacial score (nSPS) is 12.6. The molecule has 0 heterocycles. The van der Waals surface area contributed by atoms with Crippen LogP contribution in [0.3, 0.4) is 0 Å². The molecule has 0 fully saturated rings. The monoisotopic (exact) mass is 406 g/mol. The molecular weight excluding hydrogens is 384 g/mol. The van der Waals surface area contributed by atoms with Gasteiger partial charge >= 0.3 is 0 Å². The predicted octanol–water partition coefficient (Wildman–Crippen LogP) is 2.35. The molecule has 0 aliphatic rings. The minimum absolute atomic E-state index is 0.0884. The topological polar surface area (TPSA) is 110 Å². The number of aliphatic hydroxyl groups is 1. The first kappa shape index (κ1) is 21.7. The average molecular weight is 406 g/mol. The molecule has 2 aromatic carbocycles. The van der Waals surface area contributed by atoms with Crippen LogP contribution >= 0.6 is 0 Å². The maximum Gasteiger partial charge on any atom is 0.289 e. The van der Waals surface area contributed by atoms with Gasteiger partial charge in [0.25, 0.3) is 5.69 Å². The van der Waals surface area contributed by atoms with Crippen LogP contribution in [0.4, 0.5) is 5.69 Å². The highest BCUT2D eigenvalue weighted by Crippen LogP contribution is 2.26. The summed E-state index contributed by atoms with van der Waals surface area (Å²) in [6, 6.07) is 14.4. The lowest BCUT2D eigenvalue weighted by Gasteiger charge is -2.23. The number of ether oxygens (including phenoxy) is 1. The number of nitro benzene ring substituents is 1. The number of aliphatic hydroxyl groups excluding tert-OH is 1. The van der Waals surface area contributed by atoms with E-state index in [1.807, 2.05) is 30.3 Å². The molecule has 0 saturated heterocycles. The third kappa shape index (κ3) is 5.70. The number of benzene rings is 2. The van der Waals surface area contributed by atoms with E-state index in [0.29, 0.717) is 0 Å².